The molecule has 0 saturated carbocycles. The number of aromatic nitrogens is 2. The molecule has 0 aliphatic heterocycles. The summed E-state index contributed by atoms with van der Waals surface area (Å²) in [6.45, 7) is 6.60. The first-order valence-electron chi connectivity index (χ1n) is 9.41. The fraction of sp³-hybridized carbons (Fsp3) is 0.684. The Hall–Kier alpha value is -2.18. The summed E-state index contributed by atoms with van der Waals surface area (Å²) < 4.78 is 5.16. The number of alkyl carbamates (subject to hydrolysis) is 1. The van der Waals surface area contributed by atoms with Crippen LogP contribution in [-0.4, -0.2) is 40.9 Å². The van der Waals surface area contributed by atoms with Crippen molar-refractivity contribution in [3.8, 4) is 0 Å². The summed E-state index contributed by atoms with van der Waals surface area (Å²) in [5.41, 5.74) is 2.77. The van der Waals surface area contributed by atoms with Gasteiger partial charge in [0, 0.05) is 13.1 Å². The van der Waals surface area contributed by atoms with Crippen LogP contribution in [0, 0.1) is 0 Å². The molecule has 0 fully saturated rings. The maximum atomic E-state index is 12.1. The SMILES string of the molecule is CC(C)(C)OC(=O)NCCCCNC(=O)Cc1nncc2c1CCCC2. The molecule has 7 nitrogen and oxygen atoms in total. The molecule has 2 amide bonds. The maximum absolute atomic E-state index is 12.1. The van der Waals surface area contributed by atoms with E-state index in [1.165, 1.54) is 17.5 Å². The van der Waals surface area contributed by atoms with Gasteiger partial charge in [-0.1, -0.05) is 0 Å². The third-order valence-corrected chi connectivity index (χ3v) is 4.17. The summed E-state index contributed by atoms with van der Waals surface area (Å²) in [6.07, 6.45) is 7.63. The normalized spacial score (nSPS) is 13.7. The molecular formula is C19H30N4O3. The first-order chi connectivity index (χ1) is 12.3. The Kier molecular flexibility index (Phi) is 7.36. The molecule has 0 saturated heterocycles. The molecule has 1 heterocycles. The van der Waals surface area contributed by atoms with Gasteiger partial charge in [-0.15, -0.1) is 0 Å². The number of hydrogen-bond donors (Lipinski definition) is 2. The minimum Gasteiger partial charge on any atom is -0.444 e. The number of nitrogens with one attached hydrogen (secondary N) is 2. The lowest BCUT2D eigenvalue weighted by Gasteiger charge is -2.19. The third-order valence-electron chi connectivity index (χ3n) is 4.17. The molecule has 0 bridgehead atoms. The summed E-state index contributed by atoms with van der Waals surface area (Å²) in [5.74, 6) is -0.0293. The lowest BCUT2D eigenvalue weighted by Crippen LogP contribution is -2.33. The van der Waals surface area contributed by atoms with Gasteiger partial charge < -0.3 is 15.4 Å². The molecule has 0 unspecified atom stereocenters. The molecule has 0 spiro atoms. The van der Waals surface area contributed by atoms with Crippen LogP contribution in [0.4, 0.5) is 4.79 Å². The average Bonchev–Trinajstić information content (AvgIpc) is 2.57. The highest BCUT2D eigenvalue weighted by atomic mass is 16.6. The first-order valence-corrected chi connectivity index (χ1v) is 9.41. The number of amides is 2. The van der Waals surface area contributed by atoms with E-state index >= 15 is 0 Å². The highest BCUT2D eigenvalue weighted by molar-refractivity contribution is 5.78. The van der Waals surface area contributed by atoms with Gasteiger partial charge in [-0.3, -0.25) is 4.79 Å². The lowest BCUT2D eigenvalue weighted by molar-refractivity contribution is -0.120. The van der Waals surface area contributed by atoms with Gasteiger partial charge in [0.2, 0.25) is 5.91 Å². The number of hydrogen-bond acceptors (Lipinski definition) is 5. The van der Waals surface area contributed by atoms with Gasteiger partial charge in [0.1, 0.15) is 5.60 Å². The quantitative estimate of drug-likeness (QED) is 0.726. The molecule has 2 rings (SSSR count). The number of aryl methyl sites for hydroxylation is 1. The Morgan fingerprint density at radius 1 is 1.12 bits per heavy atom. The molecule has 1 aromatic rings. The minimum atomic E-state index is -0.489. The Bertz CT molecular complexity index is 626. The Morgan fingerprint density at radius 2 is 1.81 bits per heavy atom. The highest BCUT2D eigenvalue weighted by Gasteiger charge is 2.17. The van der Waals surface area contributed by atoms with Gasteiger partial charge in [0.15, 0.2) is 0 Å². The van der Waals surface area contributed by atoms with E-state index in [1.807, 2.05) is 27.0 Å². The first kappa shape index (κ1) is 20.1. The number of ether oxygens (including phenoxy) is 1. The summed E-state index contributed by atoms with van der Waals surface area (Å²) in [4.78, 5) is 23.6. The van der Waals surface area contributed by atoms with E-state index < -0.39 is 11.7 Å². The Labute approximate surface area is 155 Å². The second kappa shape index (κ2) is 9.50. The fourth-order valence-corrected chi connectivity index (χ4v) is 2.97. The zero-order valence-electron chi connectivity index (χ0n) is 16.1. The summed E-state index contributed by atoms with van der Waals surface area (Å²) in [7, 11) is 0. The van der Waals surface area contributed by atoms with Crippen LogP contribution in [0.25, 0.3) is 0 Å². The summed E-state index contributed by atoms with van der Waals surface area (Å²) >= 11 is 0. The number of carbonyl (C=O) groups excluding carboxylic acids is 2. The summed E-state index contributed by atoms with van der Waals surface area (Å²) in [5, 5.41) is 13.8. The smallest absolute Gasteiger partial charge is 0.407 e. The van der Waals surface area contributed by atoms with E-state index in [2.05, 4.69) is 20.8 Å². The van der Waals surface area contributed by atoms with Crippen molar-refractivity contribution in [1.29, 1.82) is 0 Å². The number of carbonyl (C=O) groups is 2. The van der Waals surface area contributed by atoms with Crippen LogP contribution in [0.15, 0.2) is 6.20 Å². The Morgan fingerprint density at radius 3 is 2.54 bits per heavy atom. The van der Waals surface area contributed by atoms with Gasteiger partial charge in [-0.2, -0.15) is 10.2 Å². The number of unbranched alkanes of at least 4 members (excludes halogenated alkanes) is 1. The van der Waals surface area contributed by atoms with Crippen LogP contribution < -0.4 is 10.6 Å². The minimum absolute atomic E-state index is 0.0293. The molecule has 0 atom stereocenters. The van der Waals surface area contributed by atoms with Crippen LogP contribution in [0.3, 0.4) is 0 Å². The van der Waals surface area contributed by atoms with E-state index in [0.29, 0.717) is 13.1 Å². The van der Waals surface area contributed by atoms with Crippen LogP contribution in [0.5, 0.6) is 0 Å². The van der Waals surface area contributed by atoms with Gasteiger partial charge in [0.05, 0.1) is 18.3 Å². The van der Waals surface area contributed by atoms with Crippen molar-refractivity contribution in [1.82, 2.24) is 20.8 Å². The van der Waals surface area contributed by atoms with Crippen molar-refractivity contribution >= 4 is 12.0 Å². The number of fused-ring (bicyclic) bond motifs is 1. The van der Waals surface area contributed by atoms with E-state index in [0.717, 1.165) is 37.8 Å². The second-order valence-corrected chi connectivity index (χ2v) is 7.66. The van der Waals surface area contributed by atoms with Gasteiger partial charge in [0.25, 0.3) is 0 Å². The second-order valence-electron chi connectivity index (χ2n) is 7.66. The number of rotatable bonds is 7. The molecule has 0 radical (unpaired) electrons. The molecular weight excluding hydrogens is 332 g/mol. The van der Waals surface area contributed by atoms with Crippen molar-refractivity contribution in [3.63, 3.8) is 0 Å². The molecule has 1 aliphatic rings. The van der Waals surface area contributed by atoms with Crippen LogP contribution in [0.1, 0.15) is 63.3 Å². The molecule has 1 aliphatic carbocycles. The largest absolute Gasteiger partial charge is 0.444 e. The maximum Gasteiger partial charge on any atom is 0.407 e. The van der Waals surface area contributed by atoms with Gasteiger partial charge >= 0.3 is 6.09 Å². The van der Waals surface area contributed by atoms with E-state index in [1.54, 1.807) is 0 Å². The van der Waals surface area contributed by atoms with Crippen molar-refractivity contribution in [2.24, 2.45) is 0 Å². The lowest BCUT2D eigenvalue weighted by atomic mass is 9.91. The topological polar surface area (TPSA) is 93.2 Å². The zero-order chi connectivity index (χ0) is 19.0. The summed E-state index contributed by atoms with van der Waals surface area (Å²) in [6, 6.07) is 0. The van der Waals surface area contributed by atoms with E-state index in [-0.39, 0.29) is 12.3 Å². The monoisotopic (exact) mass is 362 g/mol. The van der Waals surface area contributed by atoms with Crippen molar-refractivity contribution in [3.05, 3.63) is 23.0 Å². The van der Waals surface area contributed by atoms with E-state index in [9.17, 15) is 9.59 Å². The number of nitrogens with zero attached hydrogens (tertiary/aromatic N) is 2. The third kappa shape index (κ3) is 6.98. The highest BCUT2D eigenvalue weighted by Crippen LogP contribution is 2.22. The molecule has 2 N–H and O–H groups in total. The molecule has 0 aromatic carbocycles. The molecule has 144 valence electrons. The van der Waals surface area contributed by atoms with Crippen LogP contribution in [-0.2, 0) is 28.8 Å². The van der Waals surface area contributed by atoms with Crippen molar-refractivity contribution in [2.75, 3.05) is 13.1 Å². The predicted octanol–water partition coefficient (Wildman–Crippen LogP) is 2.32. The predicted molar refractivity (Wildman–Crippen MR) is 98.9 cm³/mol. The Balaban J connectivity index is 1.62. The van der Waals surface area contributed by atoms with Crippen molar-refractivity contribution in [2.45, 2.75) is 71.3 Å². The van der Waals surface area contributed by atoms with Crippen LogP contribution in [0.2, 0.25) is 0 Å². The van der Waals surface area contributed by atoms with Gasteiger partial charge in [-0.05, 0) is 70.4 Å². The average molecular weight is 362 g/mol. The molecule has 1 aromatic heterocycles. The fourth-order valence-electron chi connectivity index (χ4n) is 2.97. The van der Waals surface area contributed by atoms with Crippen molar-refractivity contribution < 1.29 is 14.3 Å². The molecule has 26 heavy (non-hydrogen) atoms. The van der Waals surface area contributed by atoms with Gasteiger partial charge in [-0.25, -0.2) is 4.79 Å². The zero-order valence-corrected chi connectivity index (χ0v) is 16.1. The standard InChI is InChI=1S/C19H30N4O3/c1-19(2,3)26-18(25)21-11-7-6-10-20-17(24)12-16-15-9-5-4-8-14(15)13-22-23-16/h13H,4-12H2,1-3H3,(H,20,24)(H,21,25). The van der Waals surface area contributed by atoms with E-state index in [4.69, 9.17) is 4.74 Å². The molecule has 7 heteroatoms. The van der Waals surface area contributed by atoms with Crippen LogP contribution >= 0.6 is 0 Å².